The van der Waals surface area contributed by atoms with Gasteiger partial charge in [0.05, 0.1) is 6.57 Å². The van der Waals surface area contributed by atoms with Crippen LogP contribution in [0.1, 0.15) is 19.9 Å². The zero-order valence-corrected chi connectivity index (χ0v) is 11.8. The van der Waals surface area contributed by atoms with E-state index in [2.05, 4.69) is 25.9 Å². The van der Waals surface area contributed by atoms with Crippen molar-refractivity contribution in [1.82, 2.24) is 9.78 Å². The van der Waals surface area contributed by atoms with Gasteiger partial charge in [-0.25, -0.2) is 4.85 Å². The molecule has 0 fully saturated rings. The Morgan fingerprint density at radius 2 is 1.94 bits per heavy atom. The van der Waals surface area contributed by atoms with E-state index >= 15 is 0 Å². The molecule has 1 aromatic carbocycles. The highest BCUT2D eigenvalue weighted by atomic mass is 79.9. The number of hydrogen-bond acceptors (Lipinski definition) is 2. The molecule has 0 spiro atoms. The van der Waals surface area contributed by atoms with Crippen LogP contribution in [0.25, 0.3) is 16.1 Å². The third-order valence-electron chi connectivity index (χ3n) is 2.64. The highest BCUT2D eigenvalue weighted by molar-refractivity contribution is 9.10. The molecule has 0 amide bonds. The summed E-state index contributed by atoms with van der Waals surface area (Å²) in [4.78, 5) is 3.50. The van der Waals surface area contributed by atoms with E-state index in [0.29, 0.717) is 17.2 Å². The van der Waals surface area contributed by atoms with Crippen molar-refractivity contribution in [2.45, 2.75) is 19.9 Å². The van der Waals surface area contributed by atoms with Crippen molar-refractivity contribution in [3.05, 3.63) is 40.2 Å². The van der Waals surface area contributed by atoms with Crippen molar-refractivity contribution in [2.75, 3.05) is 5.73 Å². The zero-order chi connectivity index (χ0) is 13.3. The molecular weight excluding hydrogens is 292 g/mol. The molecule has 0 aliphatic rings. The first-order chi connectivity index (χ1) is 8.54. The fourth-order valence-electron chi connectivity index (χ4n) is 1.74. The fraction of sp³-hybridized carbons (Fsp3) is 0.231. The summed E-state index contributed by atoms with van der Waals surface area (Å²) in [5.74, 6) is 0.429. The van der Waals surface area contributed by atoms with Crippen LogP contribution in [0.3, 0.4) is 0 Å². The summed E-state index contributed by atoms with van der Waals surface area (Å²) in [6, 6.07) is 7.83. The van der Waals surface area contributed by atoms with Gasteiger partial charge in [0.25, 0.3) is 5.69 Å². The second-order valence-corrected chi connectivity index (χ2v) is 5.16. The van der Waals surface area contributed by atoms with Crippen LogP contribution in [-0.2, 0) is 0 Å². The van der Waals surface area contributed by atoms with Crippen LogP contribution in [0.5, 0.6) is 0 Å². The van der Waals surface area contributed by atoms with Gasteiger partial charge in [-0.1, -0.05) is 28.1 Å². The lowest BCUT2D eigenvalue weighted by Crippen LogP contribution is -2.06. The summed E-state index contributed by atoms with van der Waals surface area (Å²) in [6.45, 7) is 11.2. The number of hydrogen-bond donors (Lipinski definition) is 1. The van der Waals surface area contributed by atoms with Gasteiger partial charge < -0.3 is 5.73 Å². The van der Waals surface area contributed by atoms with Gasteiger partial charge in [-0.15, -0.1) is 0 Å². The number of anilines is 1. The molecule has 0 atom stereocenters. The molecule has 92 valence electrons. The van der Waals surface area contributed by atoms with Gasteiger partial charge in [0.2, 0.25) is 0 Å². The summed E-state index contributed by atoms with van der Waals surface area (Å²) in [6.07, 6.45) is 0. The molecule has 2 aromatic rings. The summed E-state index contributed by atoms with van der Waals surface area (Å²) in [5, 5.41) is 4.44. The minimum atomic E-state index is 0.134. The van der Waals surface area contributed by atoms with Crippen molar-refractivity contribution >= 4 is 27.4 Å². The summed E-state index contributed by atoms with van der Waals surface area (Å²) in [7, 11) is 0. The van der Waals surface area contributed by atoms with Crippen molar-refractivity contribution < 1.29 is 0 Å². The molecule has 0 bridgehead atoms. The molecular formula is C13H13BrN4. The summed E-state index contributed by atoms with van der Waals surface area (Å²) >= 11 is 3.39. The minimum Gasteiger partial charge on any atom is -0.393 e. The second-order valence-electron chi connectivity index (χ2n) is 4.24. The van der Waals surface area contributed by atoms with Gasteiger partial charge in [0.1, 0.15) is 11.5 Å². The molecule has 0 aliphatic heterocycles. The standard InChI is InChI=1S/C13H13BrN4/c1-8(2)18-13(15)12(16-3)11(17-18)9-4-6-10(14)7-5-9/h4-8H,15H2,1-2H3. The molecule has 0 saturated heterocycles. The van der Waals surface area contributed by atoms with Crippen LogP contribution < -0.4 is 5.73 Å². The maximum Gasteiger partial charge on any atom is 0.254 e. The first kappa shape index (κ1) is 12.7. The van der Waals surface area contributed by atoms with Crippen LogP contribution >= 0.6 is 15.9 Å². The van der Waals surface area contributed by atoms with Crippen LogP contribution in [0.15, 0.2) is 28.7 Å². The monoisotopic (exact) mass is 304 g/mol. The smallest absolute Gasteiger partial charge is 0.254 e. The van der Waals surface area contributed by atoms with E-state index in [4.69, 9.17) is 12.3 Å². The van der Waals surface area contributed by atoms with Crippen LogP contribution in [0, 0.1) is 6.57 Å². The Hall–Kier alpha value is -1.80. The van der Waals surface area contributed by atoms with Gasteiger partial charge in [-0.2, -0.15) is 5.10 Å². The van der Waals surface area contributed by atoms with Crippen LogP contribution in [0.4, 0.5) is 11.5 Å². The highest BCUT2D eigenvalue weighted by Gasteiger charge is 2.18. The van der Waals surface area contributed by atoms with Crippen LogP contribution in [-0.4, -0.2) is 9.78 Å². The van der Waals surface area contributed by atoms with Gasteiger partial charge in [-0.05, 0) is 31.5 Å². The third-order valence-corrected chi connectivity index (χ3v) is 3.17. The van der Waals surface area contributed by atoms with E-state index in [1.807, 2.05) is 38.1 Å². The van der Waals surface area contributed by atoms with Crippen molar-refractivity contribution in [3.8, 4) is 11.3 Å². The molecule has 4 nitrogen and oxygen atoms in total. The normalized spacial score (nSPS) is 10.6. The highest BCUT2D eigenvalue weighted by Crippen LogP contribution is 2.36. The minimum absolute atomic E-state index is 0.134. The summed E-state index contributed by atoms with van der Waals surface area (Å²) in [5.41, 5.74) is 7.92. The lowest BCUT2D eigenvalue weighted by atomic mass is 10.1. The molecule has 2 rings (SSSR count). The molecule has 2 N–H and O–H groups in total. The van der Waals surface area contributed by atoms with Gasteiger partial charge >= 0.3 is 0 Å². The molecule has 1 aromatic heterocycles. The average molecular weight is 305 g/mol. The molecule has 0 saturated carbocycles. The second kappa shape index (κ2) is 4.83. The fourth-order valence-corrected chi connectivity index (χ4v) is 2.01. The quantitative estimate of drug-likeness (QED) is 0.852. The van der Waals surface area contributed by atoms with E-state index in [0.717, 1.165) is 10.0 Å². The number of halogens is 1. The Bertz CT molecular complexity index is 605. The number of rotatable bonds is 2. The molecule has 0 radical (unpaired) electrons. The average Bonchev–Trinajstić information content (AvgIpc) is 2.67. The van der Waals surface area contributed by atoms with Crippen molar-refractivity contribution in [1.29, 1.82) is 0 Å². The third kappa shape index (κ3) is 2.12. The Kier molecular flexibility index (Phi) is 3.39. The topological polar surface area (TPSA) is 48.2 Å². The number of nitrogens with two attached hydrogens (primary N) is 1. The Labute approximate surface area is 114 Å². The number of aromatic nitrogens is 2. The van der Waals surface area contributed by atoms with E-state index in [1.165, 1.54) is 0 Å². The molecule has 1 heterocycles. The Balaban J connectivity index is 2.61. The predicted octanol–water partition coefficient (Wildman–Crippen LogP) is 4.03. The summed E-state index contributed by atoms with van der Waals surface area (Å²) < 4.78 is 2.68. The number of nitrogens with zero attached hydrogens (tertiary/aromatic N) is 3. The van der Waals surface area contributed by atoms with Crippen molar-refractivity contribution in [2.24, 2.45) is 0 Å². The zero-order valence-electron chi connectivity index (χ0n) is 10.2. The SMILES string of the molecule is [C-]#[N+]c1c(-c2ccc(Br)cc2)nn(C(C)C)c1N. The lowest BCUT2D eigenvalue weighted by molar-refractivity contribution is 0.542. The number of benzene rings is 1. The molecule has 18 heavy (non-hydrogen) atoms. The predicted molar refractivity (Wildman–Crippen MR) is 76.4 cm³/mol. The maximum atomic E-state index is 7.25. The lowest BCUT2D eigenvalue weighted by Gasteiger charge is -2.07. The van der Waals surface area contributed by atoms with Gasteiger partial charge in [0.15, 0.2) is 0 Å². The molecule has 0 aliphatic carbocycles. The van der Waals surface area contributed by atoms with E-state index in [1.54, 1.807) is 4.68 Å². The van der Waals surface area contributed by atoms with E-state index in [9.17, 15) is 0 Å². The molecule has 5 heteroatoms. The maximum absolute atomic E-state index is 7.25. The molecule has 0 unspecified atom stereocenters. The van der Waals surface area contributed by atoms with E-state index < -0.39 is 0 Å². The largest absolute Gasteiger partial charge is 0.393 e. The van der Waals surface area contributed by atoms with Gasteiger partial charge in [-0.3, -0.25) is 4.68 Å². The van der Waals surface area contributed by atoms with Crippen LogP contribution in [0.2, 0.25) is 0 Å². The number of nitrogen functional groups attached to an aromatic ring is 1. The van der Waals surface area contributed by atoms with E-state index in [-0.39, 0.29) is 6.04 Å². The first-order valence-electron chi connectivity index (χ1n) is 5.56. The first-order valence-corrected chi connectivity index (χ1v) is 6.35. The van der Waals surface area contributed by atoms with Gasteiger partial charge in [0, 0.05) is 10.5 Å². The Morgan fingerprint density at radius 3 is 2.44 bits per heavy atom. The Morgan fingerprint density at radius 1 is 1.33 bits per heavy atom. The van der Waals surface area contributed by atoms with Crippen molar-refractivity contribution in [3.63, 3.8) is 0 Å².